The van der Waals surface area contributed by atoms with Crippen LogP contribution in [0.5, 0.6) is 0 Å². The number of halogens is 1. The Bertz CT molecular complexity index is 586. The number of anilines is 1. The van der Waals surface area contributed by atoms with Gasteiger partial charge in [-0.15, -0.1) is 0 Å². The summed E-state index contributed by atoms with van der Waals surface area (Å²) in [5.41, 5.74) is 1.42. The van der Waals surface area contributed by atoms with E-state index in [4.69, 9.17) is 0 Å². The minimum atomic E-state index is -0.440. The normalized spacial score (nSPS) is 11.7. The van der Waals surface area contributed by atoms with E-state index in [0.29, 0.717) is 0 Å². The fourth-order valence-corrected chi connectivity index (χ4v) is 2.04. The van der Waals surface area contributed by atoms with Crippen molar-refractivity contribution in [3.63, 3.8) is 0 Å². The lowest BCUT2D eigenvalue weighted by atomic mass is 10.1. The lowest BCUT2D eigenvalue weighted by Gasteiger charge is -2.15. The van der Waals surface area contributed by atoms with Crippen LogP contribution in [0.15, 0.2) is 54.6 Å². The summed E-state index contributed by atoms with van der Waals surface area (Å²) in [6, 6.07) is 15.8. The van der Waals surface area contributed by atoms with E-state index in [-0.39, 0.29) is 17.8 Å². The van der Waals surface area contributed by atoms with Gasteiger partial charge in [0.15, 0.2) is 0 Å². The zero-order chi connectivity index (χ0) is 15.1. The van der Waals surface area contributed by atoms with Gasteiger partial charge in [-0.3, -0.25) is 0 Å². The zero-order valence-electron chi connectivity index (χ0n) is 12.0. The van der Waals surface area contributed by atoms with Crippen molar-refractivity contribution in [2.24, 2.45) is 0 Å². The van der Waals surface area contributed by atoms with Crippen LogP contribution in [-0.2, 0) is 6.42 Å². The van der Waals surface area contributed by atoms with Gasteiger partial charge in [-0.2, -0.15) is 0 Å². The Labute approximate surface area is 124 Å². The number of nitrogens with one attached hydrogen (secondary N) is 2. The molecule has 0 heterocycles. The molecule has 4 heteroatoms. The Hall–Kier alpha value is -2.36. The molecule has 2 rings (SSSR count). The van der Waals surface area contributed by atoms with Gasteiger partial charge in [-0.25, -0.2) is 9.18 Å². The molecule has 2 aromatic rings. The van der Waals surface area contributed by atoms with E-state index in [9.17, 15) is 9.18 Å². The molecule has 0 spiro atoms. The molecule has 21 heavy (non-hydrogen) atoms. The molecule has 3 nitrogen and oxygen atoms in total. The molecule has 110 valence electrons. The van der Waals surface area contributed by atoms with Gasteiger partial charge in [0.2, 0.25) is 0 Å². The summed E-state index contributed by atoms with van der Waals surface area (Å²) in [7, 11) is 0. The number of hydrogen-bond acceptors (Lipinski definition) is 1. The summed E-state index contributed by atoms with van der Waals surface area (Å²) in [4.78, 5) is 11.8. The summed E-state index contributed by atoms with van der Waals surface area (Å²) in [6.45, 7) is 1.93. The number of benzene rings is 2. The van der Waals surface area contributed by atoms with Crippen molar-refractivity contribution < 1.29 is 9.18 Å². The molecule has 2 aromatic carbocycles. The highest BCUT2D eigenvalue weighted by atomic mass is 19.1. The molecular weight excluding hydrogens is 267 g/mol. The molecule has 0 bridgehead atoms. The van der Waals surface area contributed by atoms with Crippen molar-refractivity contribution in [1.29, 1.82) is 0 Å². The second-order valence-corrected chi connectivity index (χ2v) is 5.00. The molecule has 0 aliphatic carbocycles. The number of urea groups is 1. The van der Waals surface area contributed by atoms with Crippen LogP contribution >= 0.6 is 0 Å². The summed E-state index contributed by atoms with van der Waals surface area (Å²) >= 11 is 0. The average Bonchev–Trinajstić information content (AvgIpc) is 2.48. The van der Waals surface area contributed by atoms with Crippen LogP contribution in [0.4, 0.5) is 14.9 Å². The Balaban J connectivity index is 1.78. The molecule has 0 aliphatic heterocycles. The van der Waals surface area contributed by atoms with Crippen LogP contribution in [0.25, 0.3) is 0 Å². The van der Waals surface area contributed by atoms with E-state index in [2.05, 4.69) is 22.8 Å². The standard InChI is InChI=1S/C17H19FN2O/c1-13(11-12-14-7-3-2-4-8-14)19-17(21)20-16-10-6-5-9-15(16)18/h2-10,13H,11-12H2,1H3,(H2,19,20,21)/t13-/m1/s1. The first-order chi connectivity index (χ1) is 10.1. The Morgan fingerprint density at radius 3 is 2.48 bits per heavy atom. The molecule has 2 amide bonds. The second kappa shape index (κ2) is 7.43. The molecule has 0 saturated carbocycles. The van der Waals surface area contributed by atoms with Crippen LogP contribution in [0.2, 0.25) is 0 Å². The molecule has 0 radical (unpaired) electrons. The van der Waals surface area contributed by atoms with Gasteiger partial charge >= 0.3 is 6.03 Å². The van der Waals surface area contributed by atoms with E-state index in [1.807, 2.05) is 25.1 Å². The molecule has 1 atom stereocenters. The van der Waals surface area contributed by atoms with Gasteiger partial charge in [0, 0.05) is 6.04 Å². The first kappa shape index (κ1) is 15.0. The van der Waals surface area contributed by atoms with Crippen molar-refractivity contribution in [3.05, 3.63) is 66.0 Å². The second-order valence-electron chi connectivity index (χ2n) is 5.00. The SMILES string of the molecule is C[C@H](CCc1ccccc1)NC(=O)Nc1ccccc1F. The molecule has 0 saturated heterocycles. The van der Waals surface area contributed by atoms with Gasteiger partial charge in [0.1, 0.15) is 5.82 Å². The number of para-hydroxylation sites is 1. The maximum atomic E-state index is 13.4. The van der Waals surface area contributed by atoms with Crippen molar-refractivity contribution in [2.45, 2.75) is 25.8 Å². The van der Waals surface area contributed by atoms with Gasteiger partial charge in [-0.1, -0.05) is 42.5 Å². The number of carbonyl (C=O) groups excluding carboxylic acids is 1. The molecule has 2 N–H and O–H groups in total. The quantitative estimate of drug-likeness (QED) is 0.858. The summed E-state index contributed by atoms with van der Waals surface area (Å²) in [5, 5.41) is 5.32. The highest BCUT2D eigenvalue weighted by molar-refractivity contribution is 5.89. The van der Waals surface area contributed by atoms with E-state index in [0.717, 1.165) is 12.8 Å². The predicted octanol–water partition coefficient (Wildman–Crippen LogP) is 3.97. The summed E-state index contributed by atoms with van der Waals surface area (Å²) in [5.74, 6) is -0.440. The zero-order valence-corrected chi connectivity index (χ0v) is 12.0. The first-order valence-corrected chi connectivity index (χ1v) is 7.01. The third-order valence-corrected chi connectivity index (χ3v) is 3.21. The lowest BCUT2D eigenvalue weighted by molar-refractivity contribution is 0.248. The van der Waals surface area contributed by atoms with Crippen LogP contribution in [0, 0.1) is 5.82 Å². The predicted molar refractivity (Wildman–Crippen MR) is 82.8 cm³/mol. The molecular formula is C17H19FN2O. The van der Waals surface area contributed by atoms with Gasteiger partial charge in [0.25, 0.3) is 0 Å². The summed E-state index contributed by atoms with van der Waals surface area (Å²) in [6.07, 6.45) is 1.72. The van der Waals surface area contributed by atoms with Crippen molar-refractivity contribution in [2.75, 3.05) is 5.32 Å². The Kier molecular flexibility index (Phi) is 5.32. The van der Waals surface area contributed by atoms with E-state index < -0.39 is 5.82 Å². The van der Waals surface area contributed by atoms with Crippen LogP contribution < -0.4 is 10.6 Å². The molecule has 0 fully saturated rings. The van der Waals surface area contributed by atoms with E-state index >= 15 is 0 Å². The number of amides is 2. The number of aryl methyl sites for hydroxylation is 1. The Morgan fingerprint density at radius 1 is 1.10 bits per heavy atom. The maximum absolute atomic E-state index is 13.4. The van der Waals surface area contributed by atoms with Gasteiger partial charge in [0.05, 0.1) is 5.69 Å². The topological polar surface area (TPSA) is 41.1 Å². The number of carbonyl (C=O) groups is 1. The largest absolute Gasteiger partial charge is 0.335 e. The Morgan fingerprint density at radius 2 is 1.76 bits per heavy atom. The minimum Gasteiger partial charge on any atom is -0.335 e. The fourth-order valence-electron chi connectivity index (χ4n) is 2.04. The summed E-state index contributed by atoms with van der Waals surface area (Å²) < 4.78 is 13.4. The lowest BCUT2D eigenvalue weighted by Crippen LogP contribution is -2.36. The van der Waals surface area contributed by atoms with Crippen LogP contribution in [0.3, 0.4) is 0 Å². The highest BCUT2D eigenvalue weighted by Gasteiger charge is 2.09. The van der Waals surface area contributed by atoms with Crippen molar-refractivity contribution in [1.82, 2.24) is 5.32 Å². The number of hydrogen-bond donors (Lipinski definition) is 2. The van der Waals surface area contributed by atoms with Crippen molar-refractivity contribution in [3.8, 4) is 0 Å². The fraction of sp³-hybridized carbons (Fsp3) is 0.235. The first-order valence-electron chi connectivity index (χ1n) is 7.01. The van der Waals surface area contributed by atoms with Crippen LogP contribution in [0.1, 0.15) is 18.9 Å². The minimum absolute atomic E-state index is 0.0111. The van der Waals surface area contributed by atoms with Crippen LogP contribution in [-0.4, -0.2) is 12.1 Å². The van der Waals surface area contributed by atoms with Crippen molar-refractivity contribution >= 4 is 11.7 Å². The monoisotopic (exact) mass is 286 g/mol. The number of rotatable bonds is 5. The average molecular weight is 286 g/mol. The van der Waals surface area contributed by atoms with Gasteiger partial charge in [-0.05, 0) is 37.5 Å². The van der Waals surface area contributed by atoms with Gasteiger partial charge < -0.3 is 10.6 Å². The molecule has 0 unspecified atom stereocenters. The molecule has 0 aliphatic rings. The van der Waals surface area contributed by atoms with E-state index in [1.165, 1.54) is 17.7 Å². The highest BCUT2D eigenvalue weighted by Crippen LogP contribution is 2.12. The smallest absolute Gasteiger partial charge is 0.319 e. The maximum Gasteiger partial charge on any atom is 0.319 e. The third-order valence-electron chi connectivity index (χ3n) is 3.21. The molecule has 0 aromatic heterocycles. The van der Waals surface area contributed by atoms with E-state index in [1.54, 1.807) is 12.1 Å². The third kappa shape index (κ3) is 4.91.